The topological polar surface area (TPSA) is 41.1 Å². The summed E-state index contributed by atoms with van der Waals surface area (Å²) in [5.74, 6) is 0.0787. The molecule has 1 saturated carbocycles. The van der Waals surface area contributed by atoms with Gasteiger partial charge >= 0.3 is 0 Å². The van der Waals surface area contributed by atoms with Gasteiger partial charge in [0.1, 0.15) is 0 Å². The van der Waals surface area contributed by atoms with Crippen LogP contribution in [0.3, 0.4) is 0 Å². The Morgan fingerprint density at radius 1 is 1.62 bits per heavy atom. The summed E-state index contributed by atoms with van der Waals surface area (Å²) in [5.41, 5.74) is 0.397. The van der Waals surface area contributed by atoms with Crippen LogP contribution in [0, 0.1) is 5.41 Å². The lowest BCUT2D eigenvalue weighted by Gasteiger charge is -2.09. The maximum atomic E-state index is 11.2. The van der Waals surface area contributed by atoms with Crippen molar-refractivity contribution in [3.05, 3.63) is 12.7 Å². The fraction of sp³-hybridized carbons (Fsp3) is 0.700. The summed E-state index contributed by atoms with van der Waals surface area (Å²) < 4.78 is 0. The zero-order valence-corrected chi connectivity index (χ0v) is 8.23. The quantitative estimate of drug-likeness (QED) is 0.468. The molecule has 0 aromatic heterocycles. The summed E-state index contributed by atoms with van der Waals surface area (Å²) in [6.07, 6.45) is 4.23. The van der Waals surface area contributed by atoms with Crippen LogP contribution in [0.2, 0.25) is 0 Å². The Morgan fingerprint density at radius 2 is 2.31 bits per heavy atom. The van der Waals surface area contributed by atoms with Crippen LogP contribution < -0.4 is 10.6 Å². The van der Waals surface area contributed by atoms with Gasteiger partial charge in [0, 0.05) is 13.1 Å². The van der Waals surface area contributed by atoms with Crippen molar-refractivity contribution in [2.75, 3.05) is 19.6 Å². The predicted octanol–water partition coefficient (Wildman–Crippen LogP) is 0.678. The van der Waals surface area contributed by atoms with Crippen molar-refractivity contribution in [3.8, 4) is 0 Å². The van der Waals surface area contributed by atoms with Crippen LogP contribution in [0.5, 0.6) is 0 Å². The first kappa shape index (κ1) is 10.3. The number of nitrogens with one attached hydrogen (secondary N) is 2. The monoisotopic (exact) mass is 182 g/mol. The lowest BCUT2D eigenvalue weighted by atomic mass is 10.1. The van der Waals surface area contributed by atoms with Crippen LogP contribution in [0.4, 0.5) is 0 Å². The molecule has 1 aliphatic rings. The standard InChI is InChI=1S/C10H18N2O/c1-3-6-11-7-9(13)12-8-10(2)4-5-10/h3,11H,1,4-8H2,2H3,(H,12,13). The smallest absolute Gasteiger partial charge is 0.233 e. The minimum Gasteiger partial charge on any atom is -0.354 e. The summed E-state index contributed by atoms with van der Waals surface area (Å²) in [6.45, 7) is 7.65. The van der Waals surface area contributed by atoms with Crippen molar-refractivity contribution in [1.82, 2.24) is 10.6 Å². The molecule has 0 heterocycles. The Hall–Kier alpha value is -0.830. The molecule has 0 atom stereocenters. The van der Waals surface area contributed by atoms with E-state index in [2.05, 4.69) is 24.1 Å². The Morgan fingerprint density at radius 3 is 2.85 bits per heavy atom. The van der Waals surface area contributed by atoms with Gasteiger partial charge in [-0.1, -0.05) is 13.0 Å². The molecule has 0 aliphatic heterocycles. The van der Waals surface area contributed by atoms with Crippen molar-refractivity contribution >= 4 is 5.91 Å². The van der Waals surface area contributed by atoms with E-state index >= 15 is 0 Å². The molecule has 74 valence electrons. The average molecular weight is 182 g/mol. The number of hydrogen-bond acceptors (Lipinski definition) is 2. The molecular weight excluding hydrogens is 164 g/mol. The first-order valence-electron chi connectivity index (χ1n) is 4.75. The first-order valence-corrected chi connectivity index (χ1v) is 4.75. The van der Waals surface area contributed by atoms with Crippen molar-refractivity contribution in [2.24, 2.45) is 5.41 Å². The van der Waals surface area contributed by atoms with Gasteiger partial charge in [0.25, 0.3) is 0 Å². The lowest BCUT2D eigenvalue weighted by molar-refractivity contribution is -0.120. The number of carbonyl (C=O) groups excluding carboxylic acids is 1. The van der Waals surface area contributed by atoms with E-state index in [0.29, 0.717) is 18.5 Å². The third-order valence-electron chi connectivity index (χ3n) is 2.39. The number of amides is 1. The van der Waals surface area contributed by atoms with Crippen molar-refractivity contribution < 1.29 is 4.79 Å². The number of rotatable bonds is 6. The minimum absolute atomic E-state index is 0.0787. The van der Waals surface area contributed by atoms with E-state index in [1.54, 1.807) is 6.08 Å². The Labute approximate surface area is 79.6 Å². The molecule has 13 heavy (non-hydrogen) atoms. The zero-order valence-electron chi connectivity index (χ0n) is 8.23. The van der Waals surface area contributed by atoms with E-state index in [1.165, 1.54) is 12.8 Å². The van der Waals surface area contributed by atoms with E-state index in [-0.39, 0.29) is 5.91 Å². The van der Waals surface area contributed by atoms with Crippen LogP contribution in [0.1, 0.15) is 19.8 Å². The Kier molecular flexibility index (Phi) is 3.48. The Bertz CT molecular complexity index is 197. The van der Waals surface area contributed by atoms with E-state index in [0.717, 1.165) is 6.54 Å². The molecule has 1 fully saturated rings. The molecule has 2 N–H and O–H groups in total. The summed E-state index contributed by atoms with van der Waals surface area (Å²) >= 11 is 0. The number of carbonyl (C=O) groups is 1. The highest BCUT2D eigenvalue weighted by molar-refractivity contribution is 5.78. The van der Waals surface area contributed by atoms with Crippen molar-refractivity contribution in [2.45, 2.75) is 19.8 Å². The molecule has 1 rings (SSSR count). The molecule has 0 saturated heterocycles. The van der Waals surface area contributed by atoms with Gasteiger partial charge in [0.15, 0.2) is 0 Å². The normalized spacial score (nSPS) is 17.9. The third kappa shape index (κ3) is 4.08. The molecule has 0 aromatic rings. The largest absolute Gasteiger partial charge is 0.354 e. The third-order valence-corrected chi connectivity index (χ3v) is 2.39. The van der Waals surface area contributed by atoms with Gasteiger partial charge in [-0.25, -0.2) is 0 Å². The molecule has 0 aromatic carbocycles. The average Bonchev–Trinajstić information content (AvgIpc) is 2.82. The molecule has 3 nitrogen and oxygen atoms in total. The highest BCUT2D eigenvalue weighted by atomic mass is 16.1. The van der Waals surface area contributed by atoms with E-state index < -0.39 is 0 Å². The van der Waals surface area contributed by atoms with Crippen LogP contribution in [0.15, 0.2) is 12.7 Å². The minimum atomic E-state index is 0.0787. The van der Waals surface area contributed by atoms with Gasteiger partial charge in [0.05, 0.1) is 6.54 Å². The molecular formula is C10H18N2O. The number of hydrogen-bond donors (Lipinski definition) is 2. The Balaban J connectivity index is 2.00. The second-order valence-electron chi connectivity index (χ2n) is 4.01. The maximum absolute atomic E-state index is 11.2. The molecule has 0 bridgehead atoms. The lowest BCUT2D eigenvalue weighted by Crippen LogP contribution is -2.36. The summed E-state index contributed by atoms with van der Waals surface area (Å²) in [5, 5.41) is 5.87. The predicted molar refractivity (Wildman–Crippen MR) is 53.4 cm³/mol. The zero-order chi connectivity index (χ0) is 9.73. The van der Waals surface area contributed by atoms with E-state index in [1.807, 2.05) is 0 Å². The van der Waals surface area contributed by atoms with Crippen LogP contribution >= 0.6 is 0 Å². The molecule has 1 amide bonds. The van der Waals surface area contributed by atoms with Crippen molar-refractivity contribution in [3.63, 3.8) is 0 Å². The van der Waals surface area contributed by atoms with Gasteiger partial charge in [-0.15, -0.1) is 6.58 Å². The molecule has 3 heteroatoms. The summed E-state index contributed by atoms with van der Waals surface area (Å²) in [4.78, 5) is 11.2. The van der Waals surface area contributed by atoms with Gasteiger partial charge in [-0.05, 0) is 18.3 Å². The molecule has 0 unspecified atom stereocenters. The van der Waals surface area contributed by atoms with Gasteiger partial charge in [-0.2, -0.15) is 0 Å². The summed E-state index contributed by atoms with van der Waals surface area (Å²) in [7, 11) is 0. The van der Waals surface area contributed by atoms with Crippen LogP contribution in [-0.2, 0) is 4.79 Å². The highest BCUT2D eigenvalue weighted by Gasteiger charge is 2.37. The fourth-order valence-electron chi connectivity index (χ4n) is 1.05. The molecule has 1 aliphatic carbocycles. The van der Waals surface area contributed by atoms with Crippen LogP contribution in [-0.4, -0.2) is 25.5 Å². The fourth-order valence-corrected chi connectivity index (χ4v) is 1.05. The first-order chi connectivity index (χ1) is 6.16. The van der Waals surface area contributed by atoms with Gasteiger partial charge in [-0.3, -0.25) is 4.79 Å². The second kappa shape index (κ2) is 4.42. The maximum Gasteiger partial charge on any atom is 0.233 e. The van der Waals surface area contributed by atoms with Crippen LogP contribution in [0.25, 0.3) is 0 Å². The van der Waals surface area contributed by atoms with Gasteiger partial charge < -0.3 is 10.6 Å². The SMILES string of the molecule is C=CCNCC(=O)NCC1(C)CC1. The second-order valence-corrected chi connectivity index (χ2v) is 4.01. The molecule has 0 spiro atoms. The van der Waals surface area contributed by atoms with E-state index in [4.69, 9.17) is 0 Å². The highest BCUT2D eigenvalue weighted by Crippen LogP contribution is 2.43. The molecule has 0 radical (unpaired) electrons. The van der Waals surface area contributed by atoms with Crippen molar-refractivity contribution in [1.29, 1.82) is 0 Å². The van der Waals surface area contributed by atoms with Gasteiger partial charge in [0.2, 0.25) is 5.91 Å². The summed E-state index contributed by atoms with van der Waals surface area (Å²) in [6, 6.07) is 0. The van der Waals surface area contributed by atoms with E-state index in [9.17, 15) is 4.79 Å².